The van der Waals surface area contributed by atoms with E-state index in [0.717, 1.165) is 0 Å². The Bertz CT molecular complexity index is 505. The molecular weight excluding hydrogens is 188 g/mol. The Morgan fingerprint density at radius 2 is 2.14 bits per heavy atom. The van der Waals surface area contributed by atoms with Crippen molar-refractivity contribution in [1.82, 2.24) is 0 Å². The van der Waals surface area contributed by atoms with E-state index in [0.29, 0.717) is 5.92 Å². The molecule has 1 aromatic heterocycles. The predicted octanol–water partition coefficient (Wildman–Crippen LogP) is 4.11. The first-order valence-corrected chi connectivity index (χ1v) is 5.85. The molecule has 1 aliphatic carbocycles. The van der Waals surface area contributed by atoms with E-state index in [1.54, 1.807) is 5.56 Å². The van der Waals surface area contributed by atoms with Crippen molar-refractivity contribution >= 4 is 27.5 Å². The zero-order valence-electron chi connectivity index (χ0n) is 8.16. The minimum absolute atomic E-state index is 0.695. The van der Waals surface area contributed by atoms with Gasteiger partial charge >= 0.3 is 0 Å². The van der Waals surface area contributed by atoms with E-state index in [1.165, 1.54) is 21.4 Å². The van der Waals surface area contributed by atoms with Crippen LogP contribution < -0.4 is 0 Å². The summed E-state index contributed by atoms with van der Waals surface area (Å²) in [7, 11) is 0. The third-order valence-electron chi connectivity index (χ3n) is 2.83. The quantitative estimate of drug-likeness (QED) is 0.600. The highest BCUT2D eigenvalue weighted by Gasteiger charge is 2.15. The molecule has 14 heavy (non-hydrogen) atoms. The fraction of sp³-hybridized carbons (Fsp3) is 0.231. The molecule has 0 N–H and O–H groups in total. The molecule has 0 unspecified atom stereocenters. The second kappa shape index (κ2) is 2.96. The zero-order chi connectivity index (χ0) is 9.54. The Kier molecular flexibility index (Phi) is 1.74. The molecule has 0 fully saturated rings. The third kappa shape index (κ3) is 1.12. The molecule has 0 bridgehead atoms. The maximum atomic E-state index is 2.32. The van der Waals surface area contributed by atoms with E-state index < -0.39 is 0 Å². The lowest BCUT2D eigenvalue weighted by Crippen LogP contribution is -2.00. The van der Waals surface area contributed by atoms with Gasteiger partial charge in [-0.3, -0.25) is 0 Å². The maximum absolute atomic E-state index is 2.32. The molecule has 70 valence electrons. The molecule has 1 heterocycles. The first-order valence-electron chi connectivity index (χ1n) is 5.03. The number of fused-ring (bicyclic) bond motifs is 3. The van der Waals surface area contributed by atoms with Crippen molar-refractivity contribution in [3.8, 4) is 0 Å². The SMILES string of the molecule is C[C@@H]1C=Cc2sc3ccccc3c2C1. The fourth-order valence-corrected chi connectivity index (χ4v) is 3.25. The van der Waals surface area contributed by atoms with Gasteiger partial charge in [0, 0.05) is 9.58 Å². The van der Waals surface area contributed by atoms with E-state index in [4.69, 9.17) is 0 Å². The Balaban J connectivity index is 2.32. The molecule has 2 aromatic rings. The van der Waals surface area contributed by atoms with Crippen molar-refractivity contribution in [3.05, 3.63) is 40.8 Å². The first-order chi connectivity index (χ1) is 6.84. The summed E-state index contributed by atoms with van der Waals surface area (Å²) in [5.41, 5.74) is 1.56. The Hall–Kier alpha value is -1.08. The molecule has 0 nitrogen and oxygen atoms in total. The van der Waals surface area contributed by atoms with Crippen LogP contribution in [-0.4, -0.2) is 0 Å². The standard InChI is InChI=1S/C13H12S/c1-9-6-7-13-11(8-9)10-4-2-3-5-12(10)14-13/h2-7,9H,8H2,1H3/t9-/m1/s1. The summed E-state index contributed by atoms with van der Waals surface area (Å²) < 4.78 is 1.43. The molecular formula is C13H12S. The van der Waals surface area contributed by atoms with Crippen LogP contribution in [0.3, 0.4) is 0 Å². The average Bonchev–Trinajstić information content (AvgIpc) is 2.56. The van der Waals surface area contributed by atoms with Crippen molar-refractivity contribution in [2.75, 3.05) is 0 Å². The van der Waals surface area contributed by atoms with Crippen LogP contribution >= 0.6 is 11.3 Å². The van der Waals surface area contributed by atoms with Gasteiger partial charge in [0.15, 0.2) is 0 Å². The van der Waals surface area contributed by atoms with Crippen LogP contribution in [0.4, 0.5) is 0 Å². The van der Waals surface area contributed by atoms with Crippen LogP contribution in [-0.2, 0) is 6.42 Å². The number of hydrogen-bond donors (Lipinski definition) is 0. The van der Waals surface area contributed by atoms with Crippen molar-refractivity contribution in [3.63, 3.8) is 0 Å². The summed E-state index contributed by atoms with van der Waals surface area (Å²) in [6, 6.07) is 8.73. The Labute approximate surface area is 87.9 Å². The number of benzene rings is 1. The van der Waals surface area contributed by atoms with Crippen LogP contribution in [0.1, 0.15) is 17.4 Å². The molecule has 0 aliphatic heterocycles. The summed E-state index contributed by atoms with van der Waals surface area (Å²) in [6.07, 6.45) is 5.81. The summed E-state index contributed by atoms with van der Waals surface area (Å²) in [4.78, 5) is 1.46. The summed E-state index contributed by atoms with van der Waals surface area (Å²) in [5.74, 6) is 0.695. The number of hydrogen-bond acceptors (Lipinski definition) is 1. The fourth-order valence-electron chi connectivity index (χ4n) is 2.10. The Morgan fingerprint density at radius 3 is 3.07 bits per heavy atom. The molecule has 0 amide bonds. The second-order valence-electron chi connectivity index (χ2n) is 3.98. The lowest BCUT2D eigenvalue weighted by atomic mass is 9.94. The number of thiophene rings is 1. The molecule has 1 atom stereocenters. The molecule has 1 aliphatic rings. The number of allylic oxidation sites excluding steroid dienone is 1. The van der Waals surface area contributed by atoms with Crippen molar-refractivity contribution in [2.45, 2.75) is 13.3 Å². The van der Waals surface area contributed by atoms with E-state index >= 15 is 0 Å². The van der Waals surface area contributed by atoms with Crippen LogP contribution in [0.5, 0.6) is 0 Å². The van der Waals surface area contributed by atoms with Gasteiger partial charge in [-0.15, -0.1) is 11.3 Å². The topological polar surface area (TPSA) is 0 Å². The largest absolute Gasteiger partial charge is 0.136 e. The highest BCUT2D eigenvalue weighted by Crippen LogP contribution is 2.36. The predicted molar refractivity (Wildman–Crippen MR) is 63.7 cm³/mol. The molecule has 0 spiro atoms. The van der Waals surface area contributed by atoms with Gasteiger partial charge in [0.25, 0.3) is 0 Å². The second-order valence-corrected chi connectivity index (χ2v) is 5.07. The first kappa shape index (κ1) is 8.25. The normalized spacial score (nSPS) is 19.9. The van der Waals surface area contributed by atoms with E-state index in [1.807, 2.05) is 11.3 Å². The monoisotopic (exact) mass is 200 g/mol. The van der Waals surface area contributed by atoms with Crippen molar-refractivity contribution in [1.29, 1.82) is 0 Å². The molecule has 0 radical (unpaired) electrons. The van der Waals surface area contributed by atoms with E-state index in [-0.39, 0.29) is 0 Å². The molecule has 0 saturated carbocycles. The van der Waals surface area contributed by atoms with Gasteiger partial charge in [-0.05, 0) is 35.4 Å². The van der Waals surface area contributed by atoms with Crippen LogP contribution in [0.25, 0.3) is 16.2 Å². The number of rotatable bonds is 0. The smallest absolute Gasteiger partial charge is 0.0352 e. The highest BCUT2D eigenvalue weighted by molar-refractivity contribution is 7.20. The lowest BCUT2D eigenvalue weighted by molar-refractivity contribution is 0.724. The summed E-state index contributed by atoms with van der Waals surface area (Å²) in [5, 5.41) is 1.46. The van der Waals surface area contributed by atoms with Gasteiger partial charge in [0.05, 0.1) is 0 Å². The van der Waals surface area contributed by atoms with E-state index in [9.17, 15) is 0 Å². The van der Waals surface area contributed by atoms with Crippen LogP contribution in [0.2, 0.25) is 0 Å². The summed E-state index contributed by atoms with van der Waals surface area (Å²) in [6.45, 7) is 2.28. The van der Waals surface area contributed by atoms with Crippen molar-refractivity contribution < 1.29 is 0 Å². The molecule has 3 rings (SSSR count). The molecule has 1 heteroatoms. The van der Waals surface area contributed by atoms with Gasteiger partial charge in [-0.1, -0.05) is 31.2 Å². The van der Waals surface area contributed by atoms with Gasteiger partial charge in [-0.2, -0.15) is 0 Å². The van der Waals surface area contributed by atoms with Gasteiger partial charge < -0.3 is 0 Å². The van der Waals surface area contributed by atoms with Gasteiger partial charge in [-0.25, -0.2) is 0 Å². The Morgan fingerprint density at radius 1 is 1.29 bits per heavy atom. The minimum Gasteiger partial charge on any atom is -0.136 e. The van der Waals surface area contributed by atoms with Crippen LogP contribution in [0, 0.1) is 5.92 Å². The van der Waals surface area contributed by atoms with E-state index in [2.05, 4.69) is 43.3 Å². The van der Waals surface area contributed by atoms with Crippen LogP contribution in [0.15, 0.2) is 30.3 Å². The molecule has 0 saturated heterocycles. The average molecular weight is 200 g/mol. The minimum atomic E-state index is 0.695. The highest BCUT2D eigenvalue weighted by atomic mass is 32.1. The van der Waals surface area contributed by atoms with Gasteiger partial charge in [0.1, 0.15) is 0 Å². The molecule has 1 aromatic carbocycles. The summed E-state index contributed by atoms with van der Waals surface area (Å²) >= 11 is 1.91. The zero-order valence-corrected chi connectivity index (χ0v) is 8.97. The lowest BCUT2D eigenvalue weighted by Gasteiger charge is -2.11. The maximum Gasteiger partial charge on any atom is 0.0352 e. The van der Waals surface area contributed by atoms with Gasteiger partial charge in [0.2, 0.25) is 0 Å². The van der Waals surface area contributed by atoms with Crippen molar-refractivity contribution in [2.24, 2.45) is 5.92 Å². The third-order valence-corrected chi connectivity index (χ3v) is 4.01.